The standard InChI is InChI=1S/C8H12O5.C6H3F3/c1-3-6(7(10)12-4-2)8(11)13-5-9;7-4-1-2-5(8)6(9)3-4/h5-6H,3-4H2,1-2H3;1-3H. The van der Waals surface area contributed by atoms with E-state index in [1.54, 1.807) is 13.8 Å². The van der Waals surface area contributed by atoms with Gasteiger partial charge in [0.2, 0.25) is 0 Å². The molecule has 0 bridgehead atoms. The van der Waals surface area contributed by atoms with E-state index in [1.165, 1.54) is 0 Å². The lowest BCUT2D eigenvalue weighted by Crippen LogP contribution is -2.27. The Kier molecular flexibility index (Phi) is 9.24. The Hall–Kier alpha value is -2.38. The number of rotatable bonds is 5. The smallest absolute Gasteiger partial charge is 0.327 e. The van der Waals surface area contributed by atoms with Crippen molar-refractivity contribution in [3.05, 3.63) is 35.7 Å². The van der Waals surface area contributed by atoms with Crippen molar-refractivity contribution < 1.29 is 37.0 Å². The Balaban J connectivity index is 0.000000425. The van der Waals surface area contributed by atoms with Crippen molar-refractivity contribution in [3.8, 4) is 0 Å². The third-order valence-electron chi connectivity index (χ3n) is 2.31. The molecule has 1 aromatic carbocycles. The maximum atomic E-state index is 12.0. The van der Waals surface area contributed by atoms with Gasteiger partial charge in [0.15, 0.2) is 17.6 Å². The minimum atomic E-state index is -1.16. The van der Waals surface area contributed by atoms with Gasteiger partial charge < -0.3 is 9.47 Å². The number of esters is 2. The first-order chi connectivity index (χ1) is 10.4. The predicted molar refractivity (Wildman–Crippen MR) is 68.9 cm³/mol. The second kappa shape index (κ2) is 10.4. The van der Waals surface area contributed by atoms with Crippen LogP contribution in [0.15, 0.2) is 18.2 Å². The molecule has 5 nitrogen and oxygen atoms in total. The van der Waals surface area contributed by atoms with Crippen molar-refractivity contribution in [1.29, 1.82) is 0 Å². The number of carbonyl (C=O) groups is 3. The summed E-state index contributed by atoms with van der Waals surface area (Å²) < 4.78 is 44.5. The van der Waals surface area contributed by atoms with Crippen LogP contribution in [0.25, 0.3) is 0 Å². The van der Waals surface area contributed by atoms with Crippen LogP contribution >= 0.6 is 0 Å². The third kappa shape index (κ3) is 6.87. The lowest BCUT2D eigenvalue weighted by molar-refractivity contribution is -0.163. The molecule has 1 unspecified atom stereocenters. The van der Waals surface area contributed by atoms with Gasteiger partial charge in [-0.1, -0.05) is 6.92 Å². The SMILES string of the molecule is CCOC(=O)C(CC)C(=O)OC=O.Fc1ccc(F)c(F)c1. The normalized spacial score (nSPS) is 10.8. The van der Waals surface area contributed by atoms with Crippen molar-refractivity contribution in [2.24, 2.45) is 5.92 Å². The second-order valence-corrected chi connectivity index (χ2v) is 3.80. The van der Waals surface area contributed by atoms with Gasteiger partial charge in [0.1, 0.15) is 5.82 Å². The van der Waals surface area contributed by atoms with E-state index in [0.29, 0.717) is 6.07 Å². The van der Waals surface area contributed by atoms with Crippen molar-refractivity contribution in [2.75, 3.05) is 6.61 Å². The van der Waals surface area contributed by atoms with Gasteiger partial charge in [0.25, 0.3) is 0 Å². The molecule has 22 heavy (non-hydrogen) atoms. The van der Waals surface area contributed by atoms with Crippen molar-refractivity contribution in [1.82, 2.24) is 0 Å². The molecule has 0 saturated carbocycles. The number of hydrogen-bond donors (Lipinski definition) is 0. The zero-order valence-electron chi connectivity index (χ0n) is 12.0. The topological polar surface area (TPSA) is 69.7 Å². The van der Waals surface area contributed by atoms with Crippen LogP contribution in [0, 0.1) is 23.4 Å². The van der Waals surface area contributed by atoms with Crippen LogP contribution in [0.1, 0.15) is 20.3 Å². The third-order valence-corrected chi connectivity index (χ3v) is 2.31. The molecule has 0 fully saturated rings. The monoisotopic (exact) mass is 320 g/mol. The molecule has 0 aliphatic carbocycles. The fraction of sp³-hybridized carbons (Fsp3) is 0.357. The molecule has 0 N–H and O–H groups in total. The Morgan fingerprint density at radius 1 is 1.14 bits per heavy atom. The maximum absolute atomic E-state index is 12.0. The summed E-state index contributed by atoms with van der Waals surface area (Å²) in [5.74, 6) is -5.47. The first-order valence-electron chi connectivity index (χ1n) is 6.28. The molecule has 0 aliphatic rings. The maximum Gasteiger partial charge on any atom is 0.327 e. The number of ether oxygens (including phenoxy) is 2. The van der Waals surface area contributed by atoms with Crippen LogP contribution in [0.5, 0.6) is 0 Å². The average Bonchev–Trinajstić information content (AvgIpc) is 2.45. The van der Waals surface area contributed by atoms with E-state index >= 15 is 0 Å². The first-order valence-corrected chi connectivity index (χ1v) is 6.28. The zero-order chi connectivity index (χ0) is 17.1. The van der Waals surface area contributed by atoms with Crippen molar-refractivity contribution in [2.45, 2.75) is 20.3 Å². The van der Waals surface area contributed by atoms with Crippen molar-refractivity contribution in [3.63, 3.8) is 0 Å². The van der Waals surface area contributed by atoms with Gasteiger partial charge in [0, 0.05) is 6.07 Å². The lowest BCUT2D eigenvalue weighted by Gasteiger charge is -2.09. The molecule has 0 heterocycles. The highest BCUT2D eigenvalue weighted by atomic mass is 19.2. The van der Waals surface area contributed by atoms with Gasteiger partial charge in [-0.2, -0.15) is 0 Å². The Bertz CT molecular complexity index is 519. The van der Waals surface area contributed by atoms with Crippen LogP contribution < -0.4 is 0 Å². The van der Waals surface area contributed by atoms with E-state index in [2.05, 4.69) is 9.47 Å². The Morgan fingerprint density at radius 2 is 1.77 bits per heavy atom. The molecule has 0 aromatic heterocycles. The van der Waals surface area contributed by atoms with Crippen LogP contribution in [0.3, 0.4) is 0 Å². The van der Waals surface area contributed by atoms with Gasteiger partial charge in [-0.25, -0.2) is 13.2 Å². The van der Waals surface area contributed by atoms with E-state index in [0.717, 1.165) is 12.1 Å². The van der Waals surface area contributed by atoms with Gasteiger partial charge in [0.05, 0.1) is 6.61 Å². The largest absolute Gasteiger partial charge is 0.465 e. The van der Waals surface area contributed by atoms with Gasteiger partial charge in [-0.05, 0) is 25.5 Å². The quantitative estimate of drug-likeness (QED) is 0.360. The minimum Gasteiger partial charge on any atom is -0.465 e. The Labute approximate surface area is 125 Å². The number of halogens is 3. The van der Waals surface area contributed by atoms with Gasteiger partial charge >= 0.3 is 18.4 Å². The molecular weight excluding hydrogens is 305 g/mol. The fourth-order valence-corrected chi connectivity index (χ4v) is 1.27. The van der Waals surface area contributed by atoms with E-state index in [-0.39, 0.29) is 19.5 Å². The summed E-state index contributed by atoms with van der Waals surface area (Å²) in [6.07, 6.45) is 0.255. The van der Waals surface area contributed by atoms with E-state index in [1.807, 2.05) is 0 Å². The number of hydrogen-bond acceptors (Lipinski definition) is 5. The summed E-state index contributed by atoms with van der Waals surface area (Å²) >= 11 is 0. The molecular formula is C14H15F3O5. The Morgan fingerprint density at radius 3 is 2.18 bits per heavy atom. The number of carbonyl (C=O) groups excluding carboxylic acids is 3. The molecule has 1 rings (SSSR count). The highest BCUT2D eigenvalue weighted by Crippen LogP contribution is 2.07. The molecule has 1 aromatic rings. The average molecular weight is 320 g/mol. The van der Waals surface area contributed by atoms with Crippen LogP contribution in [-0.4, -0.2) is 25.0 Å². The first kappa shape index (κ1) is 19.6. The molecule has 122 valence electrons. The molecule has 8 heteroatoms. The summed E-state index contributed by atoms with van der Waals surface area (Å²) in [7, 11) is 0. The highest BCUT2D eigenvalue weighted by molar-refractivity contribution is 5.96. The molecule has 0 spiro atoms. The molecule has 1 atom stereocenters. The second-order valence-electron chi connectivity index (χ2n) is 3.80. The van der Waals surface area contributed by atoms with Crippen LogP contribution in [0.4, 0.5) is 13.2 Å². The summed E-state index contributed by atoms with van der Waals surface area (Å²) in [5, 5.41) is 0. The summed E-state index contributed by atoms with van der Waals surface area (Å²) in [5.41, 5.74) is 0. The molecule has 0 amide bonds. The predicted octanol–water partition coefficient (Wildman–Crippen LogP) is 2.38. The summed E-state index contributed by atoms with van der Waals surface area (Å²) in [4.78, 5) is 31.8. The van der Waals surface area contributed by atoms with E-state index in [4.69, 9.17) is 0 Å². The summed E-state index contributed by atoms with van der Waals surface area (Å²) in [6, 6.07) is 2.10. The number of benzene rings is 1. The van der Waals surface area contributed by atoms with Crippen LogP contribution in [0.2, 0.25) is 0 Å². The molecule has 0 saturated heterocycles. The van der Waals surface area contributed by atoms with E-state index < -0.39 is 35.3 Å². The van der Waals surface area contributed by atoms with Crippen LogP contribution in [-0.2, 0) is 23.9 Å². The minimum absolute atomic E-state index is 0.00419. The van der Waals surface area contributed by atoms with E-state index in [9.17, 15) is 27.6 Å². The van der Waals surface area contributed by atoms with Gasteiger partial charge in [-0.15, -0.1) is 0 Å². The van der Waals surface area contributed by atoms with Gasteiger partial charge in [-0.3, -0.25) is 14.4 Å². The van der Waals surface area contributed by atoms with Crippen molar-refractivity contribution >= 4 is 18.4 Å². The fourth-order valence-electron chi connectivity index (χ4n) is 1.27. The highest BCUT2D eigenvalue weighted by Gasteiger charge is 2.27. The zero-order valence-corrected chi connectivity index (χ0v) is 12.0. The molecule has 0 radical (unpaired) electrons. The lowest BCUT2D eigenvalue weighted by atomic mass is 10.1. The summed E-state index contributed by atoms with van der Waals surface area (Å²) in [6.45, 7) is 3.47. The molecule has 0 aliphatic heterocycles.